The summed E-state index contributed by atoms with van der Waals surface area (Å²) >= 11 is 1.13. The second-order valence-corrected chi connectivity index (χ2v) is 5.39. The molecule has 0 aromatic heterocycles. The van der Waals surface area contributed by atoms with Crippen molar-refractivity contribution in [2.24, 2.45) is 11.7 Å². The van der Waals surface area contributed by atoms with Crippen LogP contribution in [0.3, 0.4) is 0 Å². The molecule has 0 bridgehead atoms. The molecule has 0 spiro atoms. The second-order valence-electron chi connectivity index (χ2n) is 4.36. The Bertz CT molecular complexity index is 320. The van der Waals surface area contributed by atoms with Gasteiger partial charge in [-0.05, 0) is 12.8 Å². The van der Waals surface area contributed by atoms with Gasteiger partial charge in [-0.3, -0.25) is 14.4 Å². The average molecular weight is 276 g/mol. The molecule has 0 saturated carbocycles. The molecule has 4 N–H and O–H groups in total. The number of carboxylic acids is 1. The van der Waals surface area contributed by atoms with Gasteiger partial charge in [-0.2, -0.15) is 0 Å². The van der Waals surface area contributed by atoms with Gasteiger partial charge in [-0.25, -0.2) is 0 Å². The number of rotatable bonds is 8. The van der Waals surface area contributed by atoms with E-state index < -0.39 is 18.1 Å². The highest BCUT2D eigenvalue weighted by atomic mass is 32.2. The fourth-order valence-electron chi connectivity index (χ4n) is 1.30. The number of aliphatic carboxylic acids is 1. The van der Waals surface area contributed by atoms with Crippen LogP contribution in [-0.2, 0) is 14.4 Å². The predicted octanol–water partition coefficient (Wildman–Crippen LogP) is -0.139. The molecule has 2 unspecified atom stereocenters. The summed E-state index contributed by atoms with van der Waals surface area (Å²) in [4.78, 5) is 33.3. The van der Waals surface area contributed by atoms with E-state index in [0.29, 0.717) is 0 Å². The van der Waals surface area contributed by atoms with Crippen molar-refractivity contribution in [3.05, 3.63) is 0 Å². The fourth-order valence-corrected chi connectivity index (χ4v) is 2.09. The number of Topliss-reactive ketones (excluding diaryl/α,β-unsaturated/α-hetero) is 1. The fraction of sp³-hybridized carbons (Fsp3) is 0.727. The Morgan fingerprint density at radius 2 is 1.89 bits per heavy atom. The lowest BCUT2D eigenvalue weighted by Gasteiger charge is -2.19. The summed E-state index contributed by atoms with van der Waals surface area (Å²) in [6, 6.07) is -1.47. The van der Waals surface area contributed by atoms with E-state index in [0.717, 1.165) is 11.8 Å². The number of nitrogens with one attached hydrogen (secondary N) is 1. The van der Waals surface area contributed by atoms with Crippen LogP contribution in [0.4, 0.5) is 0 Å². The monoisotopic (exact) mass is 276 g/mol. The van der Waals surface area contributed by atoms with Crippen molar-refractivity contribution >= 4 is 29.4 Å². The number of nitrogens with two attached hydrogens (primary N) is 1. The summed E-state index contributed by atoms with van der Waals surface area (Å²) in [5.74, 6) is -1.19. The van der Waals surface area contributed by atoms with Crippen molar-refractivity contribution in [3.8, 4) is 0 Å². The minimum atomic E-state index is -1.09. The lowest BCUT2D eigenvalue weighted by atomic mass is 10.0. The highest BCUT2D eigenvalue weighted by molar-refractivity contribution is 8.00. The molecule has 7 heteroatoms. The van der Waals surface area contributed by atoms with Crippen LogP contribution in [0.25, 0.3) is 0 Å². The lowest BCUT2D eigenvalue weighted by molar-refractivity contribution is -0.138. The zero-order chi connectivity index (χ0) is 14.3. The van der Waals surface area contributed by atoms with Gasteiger partial charge < -0.3 is 16.2 Å². The van der Waals surface area contributed by atoms with Crippen molar-refractivity contribution < 1.29 is 19.5 Å². The normalized spacial score (nSPS) is 14.1. The topological polar surface area (TPSA) is 109 Å². The molecule has 0 aliphatic rings. The van der Waals surface area contributed by atoms with E-state index in [9.17, 15) is 14.4 Å². The highest BCUT2D eigenvalue weighted by Gasteiger charge is 2.20. The Labute approximate surface area is 111 Å². The van der Waals surface area contributed by atoms with Gasteiger partial charge in [0.15, 0.2) is 5.78 Å². The van der Waals surface area contributed by atoms with Gasteiger partial charge in [0, 0.05) is 5.75 Å². The van der Waals surface area contributed by atoms with Gasteiger partial charge in [0.1, 0.15) is 6.04 Å². The summed E-state index contributed by atoms with van der Waals surface area (Å²) in [5.41, 5.74) is 5.29. The molecule has 1 amide bonds. The molecule has 0 rings (SSSR count). The maximum absolute atomic E-state index is 11.5. The second kappa shape index (κ2) is 8.10. The predicted molar refractivity (Wildman–Crippen MR) is 70.4 cm³/mol. The number of carbonyl (C=O) groups is 3. The molecular formula is C11H20N2O4S. The van der Waals surface area contributed by atoms with Crippen molar-refractivity contribution in [1.29, 1.82) is 0 Å². The Morgan fingerprint density at radius 3 is 2.28 bits per heavy atom. The first-order valence-corrected chi connectivity index (χ1v) is 6.77. The first-order valence-electron chi connectivity index (χ1n) is 5.61. The summed E-state index contributed by atoms with van der Waals surface area (Å²) < 4.78 is 0. The minimum Gasteiger partial charge on any atom is -0.480 e. The average Bonchev–Trinajstić information content (AvgIpc) is 2.24. The van der Waals surface area contributed by atoms with E-state index in [-0.39, 0.29) is 29.1 Å². The number of amides is 1. The van der Waals surface area contributed by atoms with Crippen LogP contribution in [0.2, 0.25) is 0 Å². The van der Waals surface area contributed by atoms with Gasteiger partial charge in [0.05, 0.1) is 11.8 Å². The first-order chi connectivity index (χ1) is 8.25. The van der Waals surface area contributed by atoms with Crippen LogP contribution < -0.4 is 11.1 Å². The summed E-state index contributed by atoms with van der Waals surface area (Å²) in [5, 5.41) is 11.2. The van der Waals surface area contributed by atoms with E-state index in [1.54, 1.807) is 0 Å². The third-order valence-corrected chi connectivity index (χ3v) is 3.33. The van der Waals surface area contributed by atoms with Gasteiger partial charge in [0.2, 0.25) is 5.91 Å². The van der Waals surface area contributed by atoms with Gasteiger partial charge in [-0.1, -0.05) is 13.8 Å². The van der Waals surface area contributed by atoms with Crippen molar-refractivity contribution in [2.45, 2.75) is 32.9 Å². The molecule has 6 nitrogen and oxygen atoms in total. The molecule has 18 heavy (non-hydrogen) atoms. The van der Waals surface area contributed by atoms with Crippen LogP contribution in [-0.4, -0.2) is 46.4 Å². The maximum atomic E-state index is 11.5. The summed E-state index contributed by atoms with van der Waals surface area (Å²) in [7, 11) is 0. The van der Waals surface area contributed by atoms with Crippen molar-refractivity contribution in [2.75, 3.05) is 11.5 Å². The molecule has 104 valence electrons. The molecule has 0 aromatic carbocycles. The molecule has 0 saturated heterocycles. The van der Waals surface area contributed by atoms with Crippen molar-refractivity contribution in [3.63, 3.8) is 0 Å². The van der Waals surface area contributed by atoms with Gasteiger partial charge in [0.25, 0.3) is 0 Å². The molecule has 0 radical (unpaired) electrons. The molecule has 0 aliphatic carbocycles. The van der Waals surface area contributed by atoms with E-state index in [1.165, 1.54) is 6.92 Å². The SMILES string of the molecule is CC(=O)C(NC(=O)CSCC(N)C(=O)O)C(C)C. The van der Waals surface area contributed by atoms with Crippen LogP contribution in [0.15, 0.2) is 0 Å². The van der Waals surface area contributed by atoms with Gasteiger partial charge >= 0.3 is 5.97 Å². The molecule has 0 aliphatic heterocycles. The Balaban J connectivity index is 4.04. The van der Waals surface area contributed by atoms with Gasteiger partial charge in [-0.15, -0.1) is 11.8 Å². The number of hydrogen-bond donors (Lipinski definition) is 3. The van der Waals surface area contributed by atoms with E-state index in [2.05, 4.69) is 5.32 Å². The van der Waals surface area contributed by atoms with Crippen LogP contribution in [0.1, 0.15) is 20.8 Å². The Hall–Kier alpha value is -1.08. The molecule has 0 aromatic rings. The van der Waals surface area contributed by atoms with Crippen LogP contribution >= 0.6 is 11.8 Å². The molecule has 0 heterocycles. The lowest BCUT2D eigenvalue weighted by Crippen LogP contribution is -2.44. The Kier molecular flexibility index (Phi) is 7.61. The molecular weight excluding hydrogens is 256 g/mol. The van der Waals surface area contributed by atoms with E-state index in [1.807, 2.05) is 13.8 Å². The third kappa shape index (κ3) is 6.61. The number of thioether (sulfide) groups is 1. The quantitative estimate of drug-likeness (QED) is 0.569. The number of hydrogen-bond acceptors (Lipinski definition) is 5. The summed E-state index contributed by atoms with van der Waals surface area (Å²) in [6.07, 6.45) is 0. The van der Waals surface area contributed by atoms with Crippen LogP contribution in [0, 0.1) is 5.92 Å². The number of carbonyl (C=O) groups excluding carboxylic acids is 2. The zero-order valence-electron chi connectivity index (χ0n) is 10.8. The van der Waals surface area contributed by atoms with E-state index in [4.69, 9.17) is 10.8 Å². The Morgan fingerprint density at radius 1 is 1.33 bits per heavy atom. The first kappa shape index (κ1) is 16.9. The smallest absolute Gasteiger partial charge is 0.321 e. The van der Waals surface area contributed by atoms with Crippen LogP contribution in [0.5, 0.6) is 0 Å². The molecule has 0 fully saturated rings. The van der Waals surface area contributed by atoms with Crippen molar-refractivity contribution in [1.82, 2.24) is 5.32 Å². The zero-order valence-corrected chi connectivity index (χ0v) is 11.6. The van der Waals surface area contributed by atoms with E-state index >= 15 is 0 Å². The maximum Gasteiger partial charge on any atom is 0.321 e. The molecule has 2 atom stereocenters. The summed E-state index contributed by atoms with van der Waals surface area (Å²) in [6.45, 7) is 5.12. The number of carboxylic acid groups (broad SMARTS) is 1. The standard InChI is InChI=1S/C11H20N2O4S/c1-6(2)10(7(3)14)13-9(15)5-18-4-8(12)11(16)17/h6,8,10H,4-5,12H2,1-3H3,(H,13,15)(H,16,17). The minimum absolute atomic E-state index is 0.0257. The highest BCUT2D eigenvalue weighted by Crippen LogP contribution is 2.05. The number of ketones is 1. The largest absolute Gasteiger partial charge is 0.480 e. The third-order valence-electron chi connectivity index (χ3n) is 2.27.